The number of amides is 3. The summed E-state index contributed by atoms with van der Waals surface area (Å²) in [6, 6.07) is 9.07. The molecule has 3 amide bonds. The number of nitrogens with zero attached hydrogens (tertiary/aromatic N) is 3. The van der Waals surface area contributed by atoms with Gasteiger partial charge in [0, 0.05) is 30.8 Å². The number of urea groups is 1. The van der Waals surface area contributed by atoms with E-state index in [4.69, 9.17) is 4.74 Å². The molecule has 29 heavy (non-hydrogen) atoms. The predicted molar refractivity (Wildman–Crippen MR) is 111 cm³/mol. The Morgan fingerprint density at radius 3 is 2.52 bits per heavy atom. The number of likely N-dealkylation sites (tertiary alicyclic amines) is 1. The summed E-state index contributed by atoms with van der Waals surface area (Å²) in [4.78, 5) is 26.7. The van der Waals surface area contributed by atoms with Crippen LogP contribution in [0, 0.1) is 0 Å². The van der Waals surface area contributed by atoms with Crippen molar-refractivity contribution < 1.29 is 14.3 Å². The molecule has 2 heterocycles. The Morgan fingerprint density at radius 1 is 1.21 bits per heavy atom. The topological polar surface area (TPSA) is 88.5 Å². The normalized spacial score (nSPS) is 15.6. The molecule has 1 aliphatic heterocycles. The molecule has 1 fully saturated rings. The minimum atomic E-state index is -0.195. The van der Waals surface area contributed by atoms with Crippen LogP contribution in [-0.2, 0) is 0 Å². The SMILES string of the molecule is CCC(C)NC(=O)N1CCC(n2nccc2NC(=O)c2ccc(OC)cc2)CC1. The minimum Gasteiger partial charge on any atom is -0.497 e. The molecule has 1 aliphatic rings. The number of anilines is 1. The van der Waals surface area contributed by atoms with Gasteiger partial charge < -0.3 is 20.3 Å². The molecule has 0 saturated carbocycles. The van der Waals surface area contributed by atoms with Crippen molar-refractivity contribution in [2.75, 3.05) is 25.5 Å². The third-order valence-corrected chi connectivity index (χ3v) is 5.34. The van der Waals surface area contributed by atoms with E-state index < -0.39 is 0 Å². The molecule has 1 unspecified atom stereocenters. The summed E-state index contributed by atoms with van der Waals surface area (Å²) in [6.45, 7) is 5.39. The highest BCUT2D eigenvalue weighted by atomic mass is 16.5. The maximum Gasteiger partial charge on any atom is 0.317 e. The summed E-state index contributed by atoms with van der Waals surface area (Å²) in [7, 11) is 1.59. The van der Waals surface area contributed by atoms with Crippen LogP contribution in [0.2, 0.25) is 0 Å². The number of aromatic nitrogens is 2. The van der Waals surface area contributed by atoms with Crippen molar-refractivity contribution in [2.24, 2.45) is 0 Å². The van der Waals surface area contributed by atoms with E-state index in [1.807, 2.05) is 16.5 Å². The third-order valence-electron chi connectivity index (χ3n) is 5.34. The first-order chi connectivity index (χ1) is 14.0. The zero-order valence-electron chi connectivity index (χ0n) is 17.2. The molecule has 1 atom stereocenters. The van der Waals surface area contributed by atoms with Crippen molar-refractivity contribution in [3.05, 3.63) is 42.1 Å². The van der Waals surface area contributed by atoms with Crippen molar-refractivity contribution in [3.63, 3.8) is 0 Å². The van der Waals surface area contributed by atoms with Crippen LogP contribution in [0.3, 0.4) is 0 Å². The van der Waals surface area contributed by atoms with Crippen LogP contribution in [0.4, 0.5) is 10.6 Å². The summed E-state index contributed by atoms with van der Waals surface area (Å²) < 4.78 is 6.98. The van der Waals surface area contributed by atoms with Gasteiger partial charge in [-0.15, -0.1) is 0 Å². The Labute approximate surface area is 171 Å². The van der Waals surface area contributed by atoms with Crippen LogP contribution in [0.25, 0.3) is 0 Å². The summed E-state index contributed by atoms with van der Waals surface area (Å²) >= 11 is 0. The number of hydrogen-bond acceptors (Lipinski definition) is 4. The molecule has 0 bridgehead atoms. The number of carbonyl (C=O) groups excluding carboxylic acids is 2. The highest BCUT2D eigenvalue weighted by molar-refractivity contribution is 6.03. The molecule has 3 rings (SSSR count). The average Bonchev–Trinajstić information content (AvgIpc) is 3.21. The van der Waals surface area contributed by atoms with Crippen molar-refractivity contribution in [2.45, 2.75) is 45.2 Å². The first-order valence-corrected chi connectivity index (χ1v) is 10.1. The maximum atomic E-state index is 12.6. The molecule has 2 N–H and O–H groups in total. The van der Waals surface area contributed by atoms with Gasteiger partial charge in [0.05, 0.1) is 19.3 Å². The van der Waals surface area contributed by atoms with Gasteiger partial charge in [-0.2, -0.15) is 5.10 Å². The molecular formula is C21H29N5O3. The van der Waals surface area contributed by atoms with Gasteiger partial charge in [-0.1, -0.05) is 6.92 Å². The Balaban J connectivity index is 1.59. The summed E-state index contributed by atoms with van der Waals surface area (Å²) in [5.74, 6) is 1.17. The van der Waals surface area contributed by atoms with E-state index in [1.165, 1.54) is 0 Å². The molecule has 156 valence electrons. The lowest BCUT2D eigenvalue weighted by molar-refractivity contribution is 0.102. The molecule has 1 saturated heterocycles. The molecule has 8 heteroatoms. The quantitative estimate of drug-likeness (QED) is 0.780. The van der Waals surface area contributed by atoms with E-state index in [0.717, 1.165) is 19.3 Å². The van der Waals surface area contributed by atoms with Crippen molar-refractivity contribution in [3.8, 4) is 5.75 Å². The highest BCUT2D eigenvalue weighted by Crippen LogP contribution is 2.26. The number of carbonyl (C=O) groups is 2. The predicted octanol–water partition coefficient (Wildman–Crippen LogP) is 3.29. The number of rotatable bonds is 6. The van der Waals surface area contributed by atoms with Gasteiger partial charge in [-0.3, -0.25) is 4.79 Å². The standard InChI is InChI=1S/C21H29N5O3/c1-4-15(2)23-21(28)25-13-10-17(11-14-25)26-19(9-12-22-26)24-20(27)16-5-7-18(29-3)8-6-16/h5-9,12,15,17H,4,10-11,13-14H2,1-3H3,(H,23,28)(H,24,27). The van der Waals surface area contributed by atoms with E-state index >= 15 is 0 Å². The number of piperidine rings is 1. The molecule has 1 aromatic carbocycles. The van der Waals surface area contributed by atoms with E-state index in [1.54, 1.807) is 43.6 Å². The molecule has 0 aliphatic carbocycles. The Hall–Kier alpha value is -3.03. The van der Waals surface area contributed by atoms with E-state index in [9.17, 15) is 9.59 Å². The minimum absolute atomic E-state index is 0.00806. The lowest BCUT2D eigenvalue weighted by Gasteiger charge is -2.33. The van der Waals surface area contributed by atoms with Gasteiger partial charge in [0.1, 0.15) is 11.6 Å². The molecular weight excluding hydrogens is 370 g/mol. The summed E-state index contributed by atoms with van der Waals surface area (Å²) in [6.07, 6.45) is 4.18. The van der Waals surface area contributed by atoms with Crippen LogP contribution in [0.5, 0.6) is 5.75 Å². The average molecular weight is 399 g/mol. The van der Waals surface area contributed by atoms with Crippen LogP contribution in [-0.4, -0.2) is 52.9 Å². The third kappa shape index (κ3) is 5.07. The summed E-state index contributed by atoms with van der Waals surface area (Å²) in [5, 5.41) is 10.4. The van der Waals surface area contributed by atoms with Crippen molar-refractivity contribution >= 4 is 17.8 Å². The molecule has 2 aromatic rings. The molecule has 0 radical (unpaired) electrons. The first kappa shape index (κ1) is 20.7. The Morgan fingerprint density at radius 2 is 1.90 bits per heavy atom. The van der Waals surface area contributed by atoms with Gasteiger partial charge in [0.2, 0.25) is 0 Å². The van der Waals surface area contributed by atoms with Gasteiger partial charge in [-0.05, 0) is 50.5 Å². The Bertz CT molecular complexity index is 825. The second-order valence-electron chi connectivity index (χ2n) is 7.32. The van der Waals surface area contributed by atoms with E-state index in [2.05, 4.69) is 22.7 Å². The van der Waals surface area contributed by atoms with Crippen LogP contribution in [0.1, 0.15) is 49.5 Å². The van der Waals surface area contributed by atoms with E-state index in [-0.39, 0.29) is 24.0 Å². The number of hydrogen-bond donors (Lipinski definition) is 2. The number of nitrogens with one attached hydrogen (secondary N) is 2. The number of benzene rings is 1. The van der Waals surface area contributed by atoms with E-state index in [0.29, 0.717) is 30.2 Å². The second-order valence-corrected chi connectivity index (χ2v) is 7.32. The number of ether oxygens (including phenoxy) is 1. The van der Waals surface area contributed by atoms with Gasteiger partial charge >= 0.3 is 6.03 Å². The van der Waals surface area contributed by atoms with Crippen LogP contribution in [0.15, 0.2) is 36.5 Å². The smallest absolute Gasteiger partial charge is 0.317 e. The molecule has 8 nitrogen and oxygen atoms in total. The van der Waals surface area contributed by atoms with Crippen LogP contribution < -0.4 is 15.4 Å². The highest BCUT2D eigenvalue weighted by Gasteiger charge is 2.26. The zero-order chi connectivity index (χ0) is 20.8. The lowest BCUT2D eigenvalue weighted by Crippen LogP contribution is -2.47. The molecule has 0 spiro atoms. The van der Waals surface area contributed by atoms with Crippen LogP contribution >= 0.6 is 0 Å². The fourth-order valence-electron chi connectivity index (χ4n) is 3.35. The monoisotopic (exact) mass is 399 g/mol. The van der Waals surface area contributed by atoms with Gasteiger partial charge in [0.15, 0.2) is 0 Å². The van der Waals surface area contributed by atoms with Crippen molar-refractivity contribution in [1.29, 1.82) is 0 Å². The second kappa shape index (κ2) is 9.45. The molecule has 1 aromatic heterocycles. The number of methoxy groups -OCH3 is 1. The fraction of sp³-hybridized carbons (Fsp3) is 0.476. The largest absolute Gasteiger partial charge is 0.497 e. The zero-order valence-corrected chi connectivity index (χ0v) is 17.2. The maximum absolute atomic E-state index is 12.6. The van der Waals surface area contributed by atoms with Gasteiger partial charge in [-0.25, -0.2) is 9.48 Å². The fourth-order valence-corrected chi connectivity index (χ4v) is 3.35. The lowest BCUT2D eigenvalue weighted by atomic mass is 10.1. The van der Waals surface area contributed by atoms with Crippen molar-refractivity contribution in [1.82, 2.24) is 20.0 Å². The van der Waals surface area contributed by atoms with Gasteiger partial charge in [0.25, 0.3) is 5.91 Å². The summed E-state index contributed by atoms with van der Waals surface area (Å²) in [5.41, 5.74) is 0.551. The Kier molecular flexibility index (Phi) is 6.74. The first-order valence-electron chi connectivity index (χ1n) is 10.1.